The SMILES string of the molecule is CCN(CC(C)C(=O)O)C(=O)N1CCCC(C(N)=O)C1. The Kier molecular flexibility index (Phi) is 5.79. The molecular formula is C13H23N3O4. The van der Waals surface area contributed by atoms with Gasteiger partial charge in [0.25, 0.3) is 0 Å². The fourth-order valence-corrected chi connectivity index (χ4v) is 2.33. The lowest BCUT2D eigenvalue weighted by molar-refractivity contribution is -0.141. The molecule has 0 saturated carbocycles. The Morgan fingerprint density at radius 2 is 2.10 bits per heavy atom. The van der Waals surface area contributed by atoms with E-state index in [2.05, 4.69) is 0 Å². The second-order valence-corrected chi connectivity index (χ2v) is 5.25. The minimum atomic E-state index is -0.926. The number of carbonyl (C=O) groups excluding carboxylic acids is 2. The van der Waals surface area contributed by atoms with E-state index in [-0.39, 0.29) is 24.4 Å². The summed E-state index contributed by atoms with van der Waals surface area (Å²) < 4.78 is 0. The molecule has 7 heteroatoms. The highest BCUT2D eigenvalue weighted by Gasteiger charge is 2.30. The van der Waals surface area contributed by atoms with Gasteiger partial charge in [-0.2, -0.15) is 0 Å². The van der Waals surface area contributed by atoms with Gasteiger partial charge in [0.15, 0.2) is 0 Å². The van der Waals surface area contributed by atoms with Crippen LogP contribution >= 0.6 is 0 Å². The highest BCUT2D eigenvalue weighted by Crippen LogP contribution is 2.18. The van der Waals surface area contributed by atoms with E-state index in [1.165, 1.54) is 4.90 Å². The molecule has 0 aromatic rings. The van der Waals surface area contributed by atoms with Crippen LogP contribution in [-0.4, -0.2) is 59.0 Å². The molecule has 1 fully saturated rings. The molecule has 0 bridgehead atoms. The number of carbonyl (C=O) groups is 3. The summed E-state index contributed by atoms with van der Waals surface area (Å²) in [6.07, 6.45) is 1.45. The van der Waals surface area contributed by atoms with E-state index in [1.807, 2.05) is 6.92 Å². The Hall–Kier alpha value is -1.79. The average Bonchev–Trinajstić information content (AvgIpc) is 2.43. The monoisotopic (exact) mass is 285 g/mol. The number of carboxylic acids is 1. The number of carboxylic acid groups (broad SMARTS) is 1. The lowest BCUT2D eigenvalue weighted by Crippen LogP contribution is -2.50. The number of nitrogens with zero attached hydrogens (tertiary/aromatic N) is 2. The summed E-state index contributed by atoms with van der Waals surface area (Å²) in [5.41, 5.74) is 5.29. The van der Waals surface area contributed by atoms with Crippen LogP contribution in [0.4, 0.5) is 4.79 Å². The first-order chi connectivity index (χ1) is 9.36. The maximum absolute atomic E-state index is 12.4. The van der Waals surface area contributed by atoms with Gasteiger partial charge in [-0.15, -0.1) is 0 Å². The number of rotatable bonds is 5. The molecule has 0 aromatic carbocycles. The van der Waals surface area contributed by atoms with Gasteiger partial charge in [-0.3, -0.25) is 9.59 Å². The minimum absolute atomic E-state index is 0.169. The summed E-state index contributed by atoms with van der Waals surface area (Å²) in [6.45, 7) is 4.89. The summed E-state index contributed by atoms with van der Waals surface area (Å²) in [7, 11) is 0. The Morgan fingerprint density at radius 3 is 2.60 bits per heavy atom. The molecule has 114 valence electrons. The molecular weight excluding hydrogens is 262 g/mol. The fourth-order valence-electron chi connectivity index (χ4n) is 2.33. The maximum Gasteiger partial charge on any atom is 0.320 e. The molecule has 3 N–H and O–H groups in total. The standard InChI is InChI=1S/C13H23N3O4/c1-3-15(7-9(2)12(18)19)13(20)16-6-4-5-10(8-16)11(14)17/h9-10H,3-8H2,1-2H3,(H2,14,17)(H,18,19). The molecule has 0 aromatic heterocycles. The van der Waals surface area contributed by atoms with Crippen molar-refractivity contribution >= 4 is 17.9 Å². The third-order valence-electron chi connectivity index (χ3n) is 3.66. The van der Waals surface area contributed by atoms with Gasteiger partial charge < -0.3 is 20.6 Å². The van der Waals surface area contributed by atoms with E-state index in [0.717, 1.165) is 6.42 Å². The first-order valence-corrected chi connectivity index (χ1v) is 6.92. The van der Waals surface area contributed by atoms with Gasteiger partial charge in [0.05, 0.1) is 11.8 Å². The molecule has 2 atom stereocenters. The third-order valence-corrected chi connectivity index (χ3v) is 3.66. The molecule has 2 unspecified atom stereocenters. The van der Waals surface area contributed by atoms with Gasteiger partial charge in [0.2, 0.25) is 5.91 Å². The maximum atomic E-state index is 12.4. The molecule has 1 aliphatic heterocycles. The Bertz CT molecular complexity index is 380. The number of nitrogens with two attached hydrogens (primary N) is 1. The normalized spacial score (nSPS) is 20.3. The van der Waals surface area contributed by atoms with Gasteiger partial charge in [0, 0.05) is 26.2 Å². The van der Waals surface area contributed by atoms with Crippen LogP contribution in [0.5, 0.6) is 0 Å². The van der Waals surface area contributed by atoms with Crippen molar-refractivity contribution in [2.24, 2.45) is 17.6 Å². The third kappa shape index (κ3) is 4.11. The van der Waals surface area contributed by atoms with E-state index in [4.69, 9.17) is 10.8 Å². The lowest BCUT2D eigenvalue weighted by atomic mass is 9.98. The summed E-state index contributed by atoms with van der Waals surface area (Å²) in [4.78, 5) is 37.6. The number of piperidine rings is 1. The molecule has 0 spiro atoms. The zero-order chi connectivity index (χ0) is 15.3. The molecule has 20 heavy (non-hydrogen) atoms. The summed E-state index contributed by atoms with van der Waals surface area (Å²) >= 11 is 0. The lowest BCUT2D eigenvalue weighted by Gasteiger charge is -2.35. The van der Waals surface area contributed by atoms with Gasteiger partial charge in [-0.05, 0) is 19.8 Å². The van der Waals surface area contributed by atoms with Crippen LogP contribution in [0.1, 0.15) is 26.7 Å². The Labute approximate surface area is 118 Å². The van der Waals surface area contributed by atoms with Crippen molar-refractivity contribution in [3.8, 4) is 0 Å². The van der Waals surface area contributed by atoms with Gasteiger partial charge >= 0.3 is 12.0 Å². The molecule has 0 radical (unpaired) electrons. The second kappa shape index (κ2) is 7.12. The van der Waals surface area contributed by atoms with E-state index >= 15 is 0 Å². The number of hydrogen-bond acceptors (Lipinski definition) is 3. The summed E-state index contributed by atoms with van der Waals surface area (Å²) in [6, 6.07) is -0.216. The zero-order valence-electron chi connectivity index (χ0n) is 12.0. The minimum Gasteiger partial charge on any atom is -0.481 e. The molecule has 7 nitrogen and oxygen atoms in total. The molecule has 1 aliphatic rings. The Balaban J connectivity index is 2.65. The molecule has 3 amide bonds. The van der Waals surface area contributed by atoms with E-state index in [0.29, 0.717) is 26.1 Å². The summed E-state index contributed by atoms with van der Waals surface area (Å²) in [5, 5.41) is 8.92. The van der Waals surface area contributed by atoms with Crippen molar-refractivity contribution in [1.29, 1.82) is 0 Å². The molecule has 1 rings (SSSR count). The largest absolute Gasteiger partial charge is 0.481 e. The van der Waals surface area contributed by atoms with Gasteiger partial charge in [-0.25, -0.2) is 4.79 Å². The number of primary amides is 1. The topological polar surface area (TPSA) is 104 Å². The second-order valence-electron chi connectivity index (χ2n) is 5.25. The molecule has 1 saturated heterocycles. The van der Waals surface area contributed by atoms with Crippen LogP contribution in [0.25, 0.3) is 0 Å². The van der Waals surface area contributed by atoms with Crippen molar-refractivity contribution in [2.75, 3.05) is 26.2 Å². The van der Waals surface area contributed by atoms with Crippen LogP contribution in [0, 0.1) is 11.8 Å². The van der Waals surface area contributed by atoms with E-state index in [1.54, 1.807) is 11.8 Å². The number of urea groups is 1. The summed E-state index contributed by atoms with van der Waals surface area (Å²) in [5.74, 6) is -2.23. The van der Waals surface area contributed by atoms with Crippen molar-refractivity contribution in [1.82, 2.24) is 9.80 Å². The number of likely N-dealkylation sites (tertiary alicyclic amines) is 1. The molecule has 1 heterocycles. The number of aliphatic carboxylic acids is 1. The van der Waals surface area contributed by atoms with Crippen molar-refractivity contribution < 1.29 is 19.5 Å². The smallest absolute Gasteiger partial charge is 0.320 e. The molecule has 0 aliphatic carbocycles. The van der Waals surface area contributed by atoms with E-state index in [9.17, 15) is 14.4 Å². The first kappa shape index (κ1) is 16.3. The van der Waals surface area contributed by atoms with Crippen molar-refractivity contribution in [2.45, 2.75) is 26.7 Å². The quantitative estimate of drug-likeness (QED) is 0.760. The van der Waals surface area contributed by atoms with Gasteiger partial charge in [-0.1, -0.05) is 6.92 Å². The van der Waals surface area contributed by atoms with Crippen LogP contribution in [0.15, 0.2) is 0 Å². The number of hydrogen-bond donors (Lipinski definition) is 2. The first-order valence-electron chi connectivity index (χ1n) is 6.92. The Morgan fingerprint density at radius 1 is 1.45 bits per heavy atom. The van der Waals surface area contributed by atoms with Crippen molar-refractivity contribution in [3.05, 3.63) is 0 Å². The van der Waals surface area contributed by atoms with Crippen molar-refractivity contribution in [3.63, 3.8) is 0 Å². The average molecular weight is 285 g/mol. The highest BCUT2D eigenvalue weighted by molar-refractivity contribution is 5.80. The van der Waals surface area contributed by atoms with E-state index < -0.39 is 11.9 Å². The predicted molar refractivity (Wildman–Crippen MR) is 72.9 cm³/mol. The fraction of sp³-hybridized carbons (Fsp3) is 0.769. The van der Waals surface area contributed by atoms with Gasteiger partial charge in [0.1, 0.15) is 0 Å². The number of amides is 3. The van der Waals surface area contributed by atoms with Crippen LogP contribution in [0.2, 0.25) is 0 Å². The highest BCUT2D eigenvalue weighted by atomic mass is 16.4. The van der Waals surface area contributed by atoms with Crippen LogP contribution in [-0.2, 0) is 9.59 Å². The predicted octanol–water partition coefficient (Wildman–Crippen LogP) is 0.346. The zero-order valence-corrected chi connectivity index (χ0v) is 12.0. The van der Waals surface area contributed by atoms with Crippen LogP contribution < -0.4 is 5.73 Å². The van der Waals surface area contributed by atoms with Crippen LogP contribution in [0.3, 0.4) is 0 Å².